The third-order valence-electron chi connectivity index (χ3n) is 4.64. The van der Waals surface area contributed by atoms with Crippen LogP contribution in [0.5, 0.6) is 0 Å². The van der Waals surface area contributed by atoms with Gasteiger partial charge in [-0.15, -0.1) is 0 Å². The normalized spacial score (nSPS) is 23.5. The Kier molecular flexibility index (Phi) is 3.35. The highest BCUT2D eigenvalue weighted by Crippen LogP contribution is 2.37. The van der Waals surface area contributed by atoms with Gasteiger partial charge in [0.15, 0.2) is 0 Å². The van der Waals surface area contributed by atoms with Gasteiger partial charge in [-0.2, -0.15) is 0 Å². The number of hydrogen-bond donors (Lipinski definition) is 1. The lowest BCUT2D eigenvalue weighted by Crippen LogP contribution is -2.49. The van der Waals surface area contributed by atoms with Crippen LogP contribution in [0.2, 0.25) is 0 Å². The second-order valence-corrected chi connectivity index (χ2v) is 6.07. The van der Waals surface area contributed by atoms with E-state index in [9.17, 15) is 4.79 Å². The second kappa shape index (κ2) is 5.00. The molecule has 1 N–H and O–H groups in total. The highest BCUT2D eigenvalue weighted by atomic mass is 16.3. The van der Waals surface area contributed by atoms with Crippen LogP contribution >= 0.6 is 0 Å². The minimum Gasteiger partial charge on any atom is -0.465 e. The number of hydrogen-bond acceptors (Lipinski definition) is 3. The summed E-state index contributed by atoms with van der Waals surface area (Å²) < 4.78 is 5.64. The van der Waals surface area contributed by atoms with Crippen LogP contribution in [0.4, 0.5) is 0 Å². The Labute approximate surface area is 114 Å². The molecule has 2 fully saturated rings. The molecule has 1 aromatic heterocycles. The second-order valence-electron chi connectivity index (χ2n) is 6.07. The van der Waals surface area contributed by atoms with Gasteiger partial charge >= 0.3 is 0 Å². The van der Waals surface area contributed by atoms with E-state index in [1.165, 1.54) is 12.8 Å². The first-order valence-corrected chi connectivity index (χ1v) is 7.20. The Morgan fingerprint density at radius 2 is 2.11 bits per heavy atom. The molecule has 104 valence electrons. The van der Waals surface area contributed by atoms with Gasteiger partial charge < -0.3 is 9.73 Å². The highest BCUT2D eigenvalue weighted by Gasteiger charge is 2.37. The predicted molar refractivity (Wildman–Crippen MR) is 72.6 cm³/mol. The van der Waals surface area contributed by atoms with Crippen molar-refractivity contribution in [3.63, 3.8) is 0 Å². The van der Waals surface area contributed by atoms with Gasteiger partial charge in [0, 0.05) is 13.0 Å². The lowest BCUT2D eigenvalue weighted by atomic mass is 9.73. The first-order chi connectivity index (χ1) is 9.15. The summed E-state index contributed by atoms with van der Waals surface area (Å²) in [4.78, 5) is 13.7. The molecule has 0 bridgehead atoms. The van der Waals surface area contributed by atoms with Crippen LogP contribution in [0, 0.1) is 12.3 Å². The van der Waals surface area contributed by atoms with Gasteiger partial charge in [-0.1, -0.05) is 0 Å². The number of rotatable bonds is 2. The van der Waals surface area contributed by atoms with Crippen molar-refractivity contribution in [2.45, 2.75) is 39.2 Å². The molecule has 2 aliphatic rings. The molecule has 4 nitrogen and oxygen atoms in total. The quantitative estimate of drug-likeness (QED) is 0.887. The summed E-state index contributed by atoms with van der Waals surface area (Å²) in [5.74, 6) is 2.27. The summed E-state index contributed by atoms with van der Waals surface area (Å²) in [6.07, 6.45) is 4.14. The summed E-state index contributed by atoms with van der Waals surface area (Å²) >= 11 is 0. The van der Waals surface area contributed by atoms with E-state index in [1.807, 2.05) is 13.0 Å². The fourth-order valence-electron chi connectivity index (χ4n) is 3.24. The van der Waals surface area contributed by atoms with Crippen molar-refractivity contribution in [2.75, 3.05) is 19.6 Å². The first kappa shape index (κ1) is 12.7. The maximum absolute atomic E-state index is 11.3. The first-order valence-electron chi connectivity index (χ1n) is 7.20. The van der Waals surface area contributed by atoms with Crippen molar-refractivity contribution in [1.29, 1.82) is 0 Å². The number of nitrogens with zero attached hydrogens (tertiary/aromatic N) is 1. The van der Waals surface area contributed by atoms with Gasteiger partial charge in [-0.05, 0) is 56.8 Å². The zero-order valence-electron chi connectivity index (χ0n) is 11.6. The average Bonchev–Trinajstić information content (AvgIpc) is 2.82. The molecule has 2 saturated heterocycles. The van der Waals surface area contributed by atoms with E-state index >= 15 is 0 Å². The summed E-state index contributed by atoms with van der Waals surface area (Å²) in [7, 11) is 0. The van der Waals surface area contributed by atoms with E-state index in [4.69, 9.17) is 4.42 Å². The number of aryl methyl sites for hydroxylation is 1. The van der Waals surface area contributed by atoms with Crippen LogP contribution in [-0.4, -0.2) is 30.4 Å². The molecule has 0 radical (unpaired) electrons. The fraction of sp³-hybridized carbons (Fsp3) is 0.667. The van der Waals surface area contributed by atoms with Crippen molar-refractivity contribution in [1.82, 2.24) is 10.2 Å². The van der Waals surface area contributed by atoms with Crippen molar-refractivity contribution >= 4 is 5.91 Å². The topological polar surface area (TPSA) is 45.5 Å². The number of nitrogens with one attached hydrogen (secondary N) is 1. The van der Waals surface area contributed by atoms with E-state index in [0.29, 0.717) is 11.8 Å². The van der Waals surface area contributed by atoms with Crippen molar-refractivity contribution in [2.24, 2.45) is 5.41 Å². The number of piperidine rings is 2. The minimum atomic E-state index is 0.221. The molecule has 0 aliphatic carbocycles. The van der Waals surface area contributed by atoms with E-state index in [1.54, 1.807) is 0 Å². The van der Waals surface area contributed by atoms with Crippen LogP contribution in [0.3, 0.4) is 0 Å². The molecule has 0 saturated carbocycles. The molecule has 3 heterocycles. The Morgan fingerprint density at radius 1 is 1.32 bits per heavy atom. The molecule has 1 aromatic rings. The summed E-state index contributed by atoms with van der Waals surface area (Å²) in [6, 6.07) is 4.10. The number of likely N-dealkylation sites (tertiary alicyclic amines) is 1. The van der Waals surface area contributed by atoms with Crippen LogP contribution in [0.1, 0.15) is 37.2 Å². The Hall–Kier alpha value is -1.29. The van der Waals surface area contributed by atoms with Crippen LogP contribution in [0.15, 0.2) is 16.5 Å². The van der Waals surface area contributed by atoms with Crippen LogP contribution in [0.25, 0.3) is 0 Å². The zero-order chi connectivity index (χ0) is 13.3. The molecule has 1 amide bonds. The van der Waals surface area contributed by atoms with E-state index in [0.717, 1.165) is 44.1 Å². The summed E-state index contributed by atoms with van der Waals surface area (Å²) in [6.45, 7) is 5.99. The predicted octanol–water partition coefficient (Wildman–Crippen LogP) is 2.08. The molecular weight excluding hydrogens is 240 g/mol. The molecule has 3 rings (SSSR count). The number of furan rings is 1. The molecule has 0 unspecified atom stereocenters. The van der Waals surface area contributed by atoms with Crippen LogP contribution < -0.4 is 5.32 Å². The standard InChI is InChI=1S/C15H22N2O2/c1-12-2-3-13(19-12)10-17-8-6-15(7-9-17)5-4-14(18)16-11-15/h2-3H,4-11H2,1H3,(H,16,18). The van der Waals surface area contributed by atoms with Gasteiger partial charge in [0.2, 0.25) is 5.91 Å². The number of carbonyl (C=O) groups is 1. The van der Waals surface area contributed by atoms with Crippen molar-refractivity contribution < 1.29 is 9.21 Å². The van der Waals surface area contributed by atoms with E-state index in [2.05, 4.69) is 16.3 Å². The summed E-state index contributed by atoms with van der Waals surface area (Å²) in [5.41, 5.74) is 0.365. The monoisotopic (exact) mass is 262 g/mol. The van der Waals surface area contributed by atoms with Crippen molar-refractivity contribution in [3.8, 4) is 0 Å². The molecule has 2 aliphatic heterocycles. The lowest BCUT2D eigenvalue weighted by Gasteiger charge is -2.43. The third kappa shape index (κ3) is 2.84. The Bertz CT molecular complexity index is 446. The molecule has 1 spiro atoms. The Balaban J connectivity index is 1.53. The zero-order valence-corrected chi connectivity index (χ0v) is 11.6. The van der Waals surface area contributed by atoms with Gasteiger partial charge in [0.25, 0.3) is 0 Å². The van der Waals surface area contributed by atoms with Gasteiger partial charge in [0.1, 0.15) is 11.5 Å². The van der Waals surface area contributed by atoms with E-state index < -0.39 is 0 Å². The maximum atomic E-state index is 11.3. The van der Waals surface area contributed by atoms with E-state index in [-0.39, 0.29) is 5.91 Å². The SMILES string of the molecule is Cc1ccc(CN2CCC3(CCC(=O)NC3)CC2)o1. The minimum absolute atomic E-state index is 0.221. The average molecular weight is 262 g/mol. The molecule has 0 atom stereocenters. The van der Waals surface area contributed by atoms with Crippen LogP contribution in [-0.2, 0) is 11.3 Å². The molecule has 0 aromatic carbocycles. The number of carbonyl (C=O) groups excluding carboxylic acids is 1. The fourth-order valence-corrected chi connectivity index (χ4v) is 3.24. The third-order valence-corrected chi connectivity index (χ3v) is 4.64. The highest BCUT2D eigenvalue weighted by molar-refractivity contribution is 5.76. The lowest BCUT2D eigenvalue weighted by molar-refractivity contribution is -0.125. The molecule has 4 heteroatoms. The molecule has 19 heavy (non-hydrogen) atoms. The smallest absolute Gasteiger partial charge is 0.220 e. The number of amides is 1. The van der Waals surface area contributed by atoms with Crippen molar-refractivity contribution in [3.05, 3.63) is 23.7 Å². The molecular formula is C15H22N2O2. The summed E-state index contributed by atoms with van der Waals surface area (Å²) in [5, 5.41) is 3.03. The Morgan fingerprint density at radius 3 is 2.68 bits per heavy atom. The van der Waals surface area contributed by atoms with Gasteiger partial charge in [-0.25, -0.2) is 0 Å². The largest absolute Gasteiger partial charge is 0.465 e. The van der Waals surface area contributed by atoms with Gasteiger partial charge in [-0.3, -0.25) is 9.69 Å². The van der Waals surface area contributed by atoms with Gasteiger partial charge in [0.05, 0.1) is 6.54 Å². The maximum Gasteiger partial charge on any atom is 0.220 e.